The largest absolute Gasteiger partial charge is 0.364 e. The van der Waals surface area contributed by atoms with Crippen LogP contribution in [0.3, 0.4) is 0 Å². The van der Waals surface area contributed by atoms with Crippen LogP contribution in [-0.4, -0.2) is 64.1 Å². The molecule has 2 fully saturated rings. The SMILES string of the molecule is CCn1c(-c2ccc(S(C)=O)nc2)nc2c(NC3CCC(=N)N(C(=N)C4CC4)C3)ncnc21. The number of nitrogens with one attached hydrogen (secondary N) is 3. The highest BCUT2D eigenvalue weighted by Crippen LogP contribution is 2.33. The molecule has 3 N–H and O–H groups in total. The van der Waals surface area contributed by atoms with Gasteiger partial charge in [0, 0.05) is 49.5 Å². The van der Waals surface area contributed by atoms with Crippen molar-refractivity contribution in [2.75, 3.05) is 18.1 Å². The standard InChI is InChI=1S/C22H27N9OS/c1-3-30-21(14-6-9-17(25-10-14)33(2)32)29-18-20(26-12-27-22(18)30)28-15-7-8-16(23)31(11-15)19(24)13-4-5-13/h6,9-10,12-13,15,23-24H,3-5,7-8,11H2,1-2H3,(H,26,27,28). The molecule has 5 rings (SSSR count). The summed E-state index contributed by atoms with van der Waals surface area (Å²) in [5.41, 5.74) is 2.24. The summed E-state index contributed by atoms with van der Waals surface area (Å²) >= 11 is 0. The maximum Gasteiger partial charge on any atom is 0.165 e. The molecule has 10 nitrogen and oxygen atoms in total. The lowest BCUT2D eigenvalue weighted by Gasteiger charge is -2.35. The third-order valence-corrected chi connectivity index (χ3v) is 7.02. The van der Waals surface area contributed by atoms with Crippen LogP contribution in [0.15, 0.2) is 29.7 Å². The molecule has 3 aromatic rings. The van der Waals surface area contributed by atoms with Crippen LogP contribution in [0.2, 0.25) is 0 Å². The Morgan fingerprint density at radius 3 is 2.73 bits per heavy atom. The molecular weight excluding hydrogens is 438 g/mol. The third kappa shape index (κ3) is 4.12. The quantitative estimate of drug-likeness (QED) is 0.376. The van der Waals surface area contributed by atoms with Gasteiger partial charge in [0.25, 0.3) is 0 Å². The van der Waals surface area contributed by atoms with E-state index in [2.05, 4.69) is 20.3 Å². The van der Waals surface area contributed by atoms with Crippen LogP contribution in [0.5, 0.6) is 0 Å². The molecule has 2 aliphatic rings. The van der Waals surface area contributed by atoms with Crippen LogP contribution in [-0.2, 0) is 17.3 Å². The lowest BCUT2D eigenvalue weighted by molar-refractivity contribution is 0.453. The number of likely N-dealkylation sites (tertiary alicyclic amines) is 1. The second kappa shape index (κ2) is 8.62. The normalized spacial score (nSPS) is 19.6. The molecule has 33 heavy (non-hydrogen) atoms. The van der Waals surface area contributed by atoms with Crippen molar-refractivity contribution in [1.82, 2.24) is 29.4 Å². The van der Waals surface area contributed by atoms with Crippen LogP contribution >= 0.6 is 0 Å². The second-order valence-electron chi connectivity index (χ2n) is 8.51. The molecule has 0 amide bonds. The fraction of sp³-hybridized carbons (Fsp3) is 0.455. The van der Waals surface area contributed by atoms with Crippen LogP contribution in [0, 0.1) is 16.7 Å². The Morgan fingerprint density at radius 2 is 2.06 bits per heavy atom. The highest BCUT2D eigenvalue weighted by Gasteiger charge is 2.35. The molecule has 0 bridgehead atoms. The molecule has 2 atom stereocenters. The zero-order valence-electron chi connectivity index (χ0n) is 18.7. The van der Waals surface area contributed by atoms with Gasteiger partial charge in [-0.1, -0.05) is 0 Å². The average Bonchev–Trinajstić information content (AvgIpc) is 3.60. The lowest BCUT2D eigenvalue weighted by Crippen LogP contribution is -2.48. The number of pyridine rings is 1. The Kier molecular flexibility index (Phi) is 5.65. The highest BCUT2D eigenvalue weighted by molar-refractivity contribution is 7.84. The maximum atomic E-state index is 11.7. The van der Waals surface area contributed by atoms with Gasteiger partial charge < -0.3 is 14.8 Å². The minimum absolute atomic E-state index is 0.0620. The van der Waals surface area contributed by atoms with E-state index < -0.39 is 10.8 Å². The summed E-state index contributed by atoms with van der Waals surface area (Å²) in [6, 6.07) is 3.70. The summed E-state index contributed by atoms with van der Waals surface area (Å²) < 4.78 is 13.7. The second-order valence-corrected chi connectivity index (χ2v) is 9.84. The topological polar surface area (TPSA) is 137 Å². The van der Waals surface area contributed by atoms with Crippen molar-refractivity contribution >= 4 is 39.5 Å². The fourth-order valence-electron chi connectivity index (χ4n) is 4.24. The summed E-state index contributed by atoms with van der Waals surface area (Å²) in [4.78, 5) is 20.0. The van der Waals surface area contributed by atoms with Crippen molar-refractivity contribution in [3.05, 3.63) is 24.7 Å². The van der Waals surface area contributed by atoms with Crippen LogP contribution in [0.4, 0.5) is 5.82 Å². The minimum atomic E-state index is -1.14. The maximum absolute atomic E-state index is 11.7. The summed E-state index contributed by atoms with van der Waals surface area (Å²) in [6.45, 7) is 3.30. The molecule has 1 aliphatic heterocycles. The molecule has 1 saturated heterocycles. The number of rotatable bonds is 6. The Hall–Kier alpha value is -3.21. The monoisotopic (exact) mass is 465 g/mol. The zero-order chi connectivity index (χ0) is 23.1. The molecule has 172 valence electrons. The predicted molar refractivity (Wildman–Crippen MR) is 128 cm³/mol. The summed E-state index contributed by atoms with van der Waals surface area (Å²) in [5.74, 6) is 2.80. The third-order valence-electron chi connectivity index (χ3n) is 6.19. The number of nitrogens with zero attached hydrogens (tertiary/aromatic N) is 6. The molecule has 1 saturated carbocycles. The zero-order valence-corrected chi connectivity index (χ0v) is 19.5. The average molecular weight is 466 g/mol. The van der Waals surface area contributed by atoms with Gasteiger partial charge >= 0.3 is 0 Å². The lowest BCUT2D eigenvalue weighted by atomic mass is 10.0. The van der Waals surface area contributed by atoms with Crippen LogP contribution < -0.4 is 5.32 Å². The van der Waals surface area contributed by atoms with Crippen LogP contribution in [0.25, 0.3) is 22.6 Å². The molecule has 11 heteroatoms. The number of aryl methyl sites for hydroxylation is 1. The van der Waals surface area contributed by atoms with Gasteiger partial charge in [0.1, 0.15) is 28.8 Å². The van der Waals surface area contributed by atoms with Gasteiger partial charge in [-0.05, 0) is 38.3 Å². The van der Waals surface area contributed by atoms with Crippen molar-refractivity contribution < 1.29 is 4.21 Å². The van der Waals surface area contributed by atoms with Crippen molar-refractivity contribution in [2.45, 2.75) is 50.2 Å². The minimum Gasteiger partial charge on any atom is -0.364 e. The number of fused-ring (bicyclic) bond motifs is 1. The van der Waals surface area contributed by atoms with E-state index in [1.54, 1.807) is 24.8 Å². The number of aromatic nitrogens is 5. The van der Waals surface area contributed by atoms with Gasteiger partial charge in [-0.25, -0.2) is 19.9 Å². The Balaban J connectivity index is 1.45. The van der Waals surface area contributed by atoms with E-state index in [0.29, 0.717) is 53.5 Å². The van der Waals surface area contributed by atoms with Gasteiger partial charge in [0.15, 0.2) is 17.0 Å². The van der Waals surface area contributed by atoms with E-state index in [1.807, 2.05) is 22.5 Å². The first-order chi connectivity index (χ1) is 16.0. The number of hydrogen-bond acceptors (Lipinski definition) is 8. The van der Waals surface area contributed by atoms with Crippen molar-refractivity contribution in [3.63, 3.8) is 0 Å². The van der Waals surface area contributed by atoms with Gasteiger partial charge in [-0.2, -0.15) is 0 Å². The number of amidine groups is 2. The molecule has 0 spiro atoms. The molecule has 2 unspecified atom stereocenters. The molecular formula is C22H27N9OS. The molecule has 4 heterocycles. The van der Waals surface area contributed by atoms with Gasteiger partial charge in [-0.15, -0.1) is 0 Å². The predicted octanol–water partition coefficient (Wildman–Crippen LogP) is 2.89. The van der Waals surface area contributed by atoms with E-state index in [0.717, 1.165) is 36.3 Å². The smallest absolute Gasteiger partial charge is 0.165 e. The van der Waals surface area contributed by atoms with Crippen molar-refractivity contribution in [3.8, 4) is 11.4 Å². The number of anilines is 1. The van der Waals surface area contributed by atoms with E-state index >= 15 is 0 Å². The first-order valence-electron chi connectivity index (χ1n) is 11.2. The van der Waals surface area contributed by atoms with Gasteiger partial charge in [-0.3, -0.25) is 15.0 Å². The first-order valence-corrected chi connectivity index (χ1v) is 12.7. The molecule has 1 aliphatic carbocycles. The summed E-state index contributed by atoms with van der Waals surface area (Å²) in [7, 11) is -1.14. The van der Waals surface area contributed by atoms with Crippen molar-refractivity contribution in [1.29, 1.82) is 10.8 Å². The van der Waals surface area contributed by atoms with Gasteiger partial charge in [0.2, 0.25) is 0 Å². The fourth-order valence-corrected chi connectivity index (χ4v) is 4.71. The number of hydrogen-bond donors (Lipinski definition) is 3. The number of imidazole rings is 1. The van der Waals surface area contributed by atoms with Gasteiger partial charge in [0.05, 0.1) is 10.8 Å². The van der Waals surface area contributed by atoms with E-state index in [9.17, 15) is 4.21 Å². The molecule has 3 aromatic heterocycles. The van der Waals surface area contributed by atoms with E-state index in [1.165, 1.54) is 0 Å². The Morgan fingerprint density at radius 1 is 1.24 bits per heavy atom. The van der Waals surface area contributed by atoms with E-state index in [-0.39, 0.29) is 6.04 Å². The van der Waals surface area contributed by atoms with Crippen LogP contribution in [0.1, 0.15) is 32.6 Å². The molecule has 0 radical (unpaired) electrons. The van der Waals surface area contributed by atoms with E-state index in [4.69, 9.17) is 15.8 Å². The summed E-state index contributed by atoms with van der Waals surface area (Å²) in [6.07, 6.45) is 8.38. The first kappa shape index (κ1) is 21.6. The Labute approximate surface area is 194 Å². The summed E-state index contributed by atoms with van der Waals surface area (Å²) in [5, 5.41) is 20.7. The molecule has 0 aromatic carbocycles. The highest BCUT2D eigenvalue weighted by atomic mass is 32.2. The van der Waals surface area contributed by atoms with Crippen molar-refractivity contribution in [2.24, 2.45) is 5.92 Å². The number of piperidine rings is 1. The Bertz CT molecular complexity index is 1250.